The van der Waals surface area contributed by atoms with Crippen molar-refractivity contribution >= 4 is 5.97 Å². The van der Waals surface area contributed by atoms with Crippen LogP contribution in [0.25, 0.3) is 0 Å². The summed E-state index contributed by atoms with van der Waals surface area (Å²) in [6.07, 6.45) is 2.87. The number of benzene rings is 1. The van der Waals surface area contributed by atoms with Crippen LogP contribution in [0.15, 0.2) is 24.3 Å². The molecule has 2 aliphatic rings. The third kappa shape index (κ3) is 2.96. The molecule has 0 bridgehead atoms. The van der Waals surface area contributed by atoms with Gasteiger partial charge in [-0.25, -0.2) is 0 Å². The summed E-state index contributed by atoms with van der Waals surface area (Å²) in [5.41, 5.74) is 2.51. The van der Waals surface area contributed by atoms with Gasteiger partial charge in [0.05, 0.1) is 6.10 Å². The quantitative estimate of drug-likeness (QED) is 0.836. The summed E-state index contributed by atoms with van der Waals surface area (Å²) < 4.78 is 10.8. The van der Waals surface area contributed by atoms with E-state index in [9.17, 15) is 4.79 Å². The maximum absolute atomic E-state index is 12.0. The molecule has 4 heteroatoms. The van der Waals surface area contributed by atoms with E-state index in [4.69, 9.17) is 9.47 Å². The van der Waals surface area contributed by atoms with E-state index in [1.165, 1.54) is 11.1 Å². The predicted octanol–water partition coefficient (Wildman–Crippen LogP) is 1.42. The zero-order valence-corrected chi connectivity index (χ0v) is 10.9. The summed E-state index contributed by atoms with van der Waals surface area (Å²) in [5.74, 6) is -0.162. The maximum atomic E-state index is 12.0. The van der Waals surface area contributed by atoms with E-state index in [0.29, 0.717) is 13.0 Å². The minimum absolute atomic E-state index is 0.0971. The van der Waals surface area contributed by atoms with Crippen molar-refractivity contribution in [1.29, 1.82) is 0 Å². The first-order valence-electron chi connectivity index (χ1n) is 6.91. The van der Waals surface area contributed by atoms with E-state index in [-0.39, 0.29) is 18.1 Å². The van der Waals surface area contributed by atoms with Crippen LogP contribution < -0.4 is 5.32 Å². The predicted molar refractivity (Wildman–Crippen MR) is 70.7 cm³/mol. The first kappa shape index (κ1) is 12.6. The number of esters is 1. The summed E-state index contributed by atoms with van der Waals surface area (Å²) in [7, 11) is 0. The molecule has 1 saturated heterocycles. The molecule has 0 aromatic heterocycles. The zero-order valence-electron chi connectivity index (χ0n) is 10.9. The Balaban J connectivity index is 1.54. The second kappa shape index (κ2) is 5.72. The lowest BCUT2D eigenvalue weighted by molar-refractivity contribution is -0.149. The molecule has 102 valence electrons. The first-order chi connectivity index (χ1) is 9.33. The van der Waals surface area contributed by atoms with Crippen molar-refractivity contribution in [2.45, 2.75) is 38.0 Å². The van der Waals surface area contributed by atoms with Gasteiger partial charge in [0.25, 0.3) is 0 Å². The van der Waals surface area contributed by atoms with E-state index in [2.05, 4.69) is 17.4 Å². The monoisotopic (exact) mass is 261 g/mol. The molecule has 0 saturated carbocycles. The Hall–Kier alpha value is -1.39. The molecular formula is C15H19NO3. The van der Waals surface area contributed by atoms with Crippen LogP contribution >= 0.6 is 0 Å². The zero-order chi connectivity index (χ0) is 13.1. The highest BCUT2D eigenvalue weighted by atomic mass is 16.6. The van der Waals surface area contributed by atoms with Crippen LogP contribution in [-0.4, -0.2) is 31.3 Å². The largest absolute Gasteiger partial charge is 0.462 e. The van der Waals surface area contributed by atoms with Crippen LogP contribution in [0.4, 0.5) is 0 Å². The summed E-state index contributed by atoms with van der Waals surface area (Å²) in [5, 5.41) is 3.24. The number of carbonyl (C=O) groups is 1. The van der Waals surface area contributed by atoms with Crippen LogP contribution in [0.5, 0.6) is 0 Å². The fourth-order valence-electron chi connectivity index (χ4n) is 2.67. The summed E-state index contributed by atoms with van der Waals surface area (Å²) >= 11 is 0. The molecule has 2 heterocycles. The van der Waals surface area contributed by atoms with Gasteiger partial charge < -0.3 is 14.8 Å². The van der Waals surface area contributed by atoms with Crippen molar-refractivity contribution in [2.75, 3.05) is 13.2 Å². The molecule has 1 fully saturated rings. The van der Waals surface area contributed by atoms with Crippen molar-refractivity contribution in [2.24, 2.45) is 0 Å². The summed E-state index contributed by atoms with van der Waals surface area (Å²) in [6, 6.07) is 7.98. The highest BCUT2D eigenvalue weighted by Gasteiger charge is 2.26. The number of carbonyl (C=O) groups excluding carboxylic acids is 1. The van der Waals surface area contributed by atoms with Crippen molar-refractivity contribution in [1.82, 2.24) is 5.32 Å². The van der Waals surface area contributed by atoms with Gasteiger partial charge in [-0.3, -0.25) is 4.79 Å². The molecule has 1 N–H and O–H groups in total. The molecule has 1 aromatic rings. The Kier molecular flexibility index (Phi) is 3.80. The first-order valence-corrected chi connectivity index (χ1v) is 6.91. The molecular weight excluding hydrogens is 242 g/mol. The van der Waals surface area contributed by atoms with Crippen LogP contribution in [0.1, 0.15) is 24.0 Å². The third-order valence-electron chi connectivity index (χ3n) is 3.80. The SMILES string of the molecule is O=C(OCC1CCCO1)[C@H]1Cc2ccccc2CN1. The van der Waals surface area contributed by atoms with E-state index < -0.39 is 0 Å². The molecule has 2 atom stereocenters. The molecule has 1 aromatic carbocycles. The molecule has 19 heavy (non-hydrogen) atoms. The van der Waals surface area contributed by atoms with Crippen LogP contribution in [0.2, 0.25) is 0 Å². The van der Waals surface area contributed by atoms with Gasteiger partial charge in [0.2, 0.25) is 0 Å². The number of hydrogen-bond acceptors (Lipinski definition) is 4. The Labute approximate surface area is 113 Å². The highest BCUT2D eigenvalue weighted by Crippen LogP contribution is 2.17. The van der Waals surface area contributed by atoms with Gasteiger partial charge in [-0.1, -0.05) is 24.3 Å². The Morgan fingerprint density at radius 3 is 3.00 bits per heavy atom. The standard InChI is InChI=1S/C15H19NO3/c17-15(19-10-13-6-3-7-18-13)14-8-11-4-1-2-5-12(11)9-16-14/h1-2,4-5,13-14,16H,3,6-10H2/t13?,14-/m1/s1. The van der Waals surface area contributed by atoms with Crippen LogP contribution in [0.3, 0.4) is 0 Å². The van der Waals surface area contributed by atoms with E-state index in [1.54, 1.807) is 0 Å². The number of rotatable bonds is 3. The minimum Gasteiger partial charge on any atom is -0.462 e. The average Bonchev–Trinajstić information content (AvgIpc) is 2.97. The lowest BCUT2D eigenvalue weighted by Crippen LogP contribution is -2.43. The molecule has 2 aliphatic heterocycles. The Morgan fingerprint density at radius 1 is 1.37 bits per heavy atom. The molecule has 1 unspecified atom stereocenters. The van der Waals surface area contributed by atoms with Gasteiger partial charge in [-0.05, 0) is 30.4 Å². The Bertz CT molecular complexity index is 454. The molecule has 0 amide bonds. The van der Waals surface area contributed by atoms with Crippen LogP contribution in [0, 0.1) is 0 Å². The summed E-state index contributed by atoms with van der Waals surface area (Å²) in [4.78, 5) is 12.0. The smallest absolute Gasteiger partial charge is 0.323 e. The Morgan fingerprint density at radius 2 is 2.21 bits per heavy atom. The lowest BCUT2D eigenvalue weighted by Gasteiger charge is -2.25. The fraction of sp³-hybridized carbons (Fsp3) is 0.533. The average molecular weight is 261 g/mol. The van der Waals surface area contributed by atoms with E-state index in [1.807, 2.05) is 12.1 Å². The molecule has 0 radical (unpaired) electrons. The van der Waals surface area contributed by atoms with E-state index >= 15 is 0 Å². The topological polar surface area (TPSA) is 47.6 Å². The van der Waals surface area contributed by atoms with Crippen LogP contribution in [-0.2, 0) is 27.2 Å². The molecule has 0 aliphatic carbocycles. The van der Waals surface area contributed by atoms with Crippen molar-refractivity contribution < 1.29 is 14.3 Å². The second-order valence-electron chi connectivity index (χ2n) is 5.17. The highest BCUT2D eigenvalue weighted by molar-refractivity contribution is 5.76. The van der Waals surface area contributed by atoms with Gasteiger partial charge in [0, 0.05) is 13.2 Å². The third-order valence-corrected chi connectivity index (χ3v) is 3.80. The minimum atomic E-state index is -0.226. The van der Waals surface area contributed by atoms with Crippen molar-refractivity contribution in [3.8, 4) is 0 Å². The van der Waals surface area contributed by atoms with Gasteiger partial charge in [0.15, 0.2) is 0 Å². The fourth-order valence-corrected chi connectivity index (χ4v) is 2.67. The molecule has 4 nitrogen and oxygen atoms in total. The number of fused-ring (bicyclic) bond motifs is 1. The molecule has 0 spiro atoms. The van der Waals surface area contributed by atoms with Gasteiger partial charge in [0.1, 0.15) is 12.6 Å². The maximum Gasteiger partial charge on any atom is 0.323 e. The van der Waals surface area contributed by atoms with E-state index in [0.717, 1.165) is 26.0 Å². The summed E-state index contributed by atoms with van der Waals surface area (Å²) in [6.45, 7) is 1.91. The number of hydrogen-bond donors (Lipinski definition) is 1. The van der Waals surface area contributed by atoms with Gasteiger partial charge in [-0.2, -0.15) is 0 Å². The lowest BCUT2D eigenvalue weighted by atomic mass is 9.96. The normalized spacial score (nSPS) is 25.9. The van der Waals surface area contributed by atoms with Gasteiger partial charge in [-0.15, -0.1) is 0 Å². The molecule has 3 rings (SSSR count). The number of nitrogens with one attached hydrogen (secondary N) is 1. The van der Waals surface area contributed by atoms with Crippen molar-refractivity contribution in [3.05, 3.63) is 35.4 Å². The van der Waals surface area contributed by atoms with Gasteiger partial charge >= 0.3 is 5.97 Å². The number of ether oxygens (including phenoxy) is 2. The van der Waals surface area contributed by atoms with Crippen molar-refractivity contribution in [3.63, 3.8) is 0 Å². The second-order valence-corrected chi connectivity index (χ2v) is 5.17.